The van der Waals surface area contributed by atoms with Gasteiger partial charge in [0.25, 0.3) is 0 Å². The lowest BCUT2D eigenvalue weighted by molar-refractivity contribution is -0.137. The third-order valence-electron chi connectivity index (χ3n) is 4.13. The standard InChI is InChI=1S/C14H23N3OS/c1-10-13(19-9-16-10)8-17(2)14(18)12-6-4-3-5-11(12)7-15/h9,11-12H,3-8,15H2,1-2H3. The summed E-state index contributed by atoms with van der Waals surface area (Å²) in [6.07, 6.45) is 4.46. The average molecular weight is 281 g/mol. The molecule has 1 aromatic rings. The molecular formula is C14H23N3OS. The molecule has 2 rings (SSSR count). The summed E-state index contributed by atoms with van der Waals surface area (Å²) in [5.74, 6) is 0.742. The third kappa shape index (κ3) is 3.34. The summed E-state index contributed by atoms with van der Waals surface area (Å²) in [6.45, 7) is 3.29. The number of nitrogens with zero attached hydrogens (tertiary/aromatic N) is 2. The summed E-state index contributed by atoms with van der Waals surface area (Å²) >= 11 is 1.62. The summed E-state index contributed by atoms with van der Waals surface area (Å²) in [7, 11) is 1.89. The Kier molecular flexibility index (Phi) is 4.93. The molecule has 4 nitrogen and oxygen atoms in total. The molecule has 1 aliphatic rings. The number of hydrogen-bond acceptors (Lipinski definition) is 4. The van der Waals surface area contributed by atoms with Gasteiger partial charge in [0, 0.05) is 17.8 Å². The predicted octanol–water partition coefficient (Wildman–Crippen LogP) is 2.18. The molecule has 1 amide bonds. The van der Waals surface area contributed by atoms with Gasteiger partial charge in [0.15, 0.2) is 0 Å². The van der Waals surface area contributed by atoms with Gasteiger partial charge in [-0.1, -0.05) is 12.8 Å². The highest BCUT2D eigenvalue weighted by molar-refractivity contribution is 7.09. The van der Waals surface area contributed by atoms with Crippen LogP contribution in [0.15, 0.2) is 5.51 Å². The van der Waals surface area contributed by atoms with Crippen molar-refractivity contribution in [3.05, 3.63) is 16.1 Å². The van der Waals surface area contributed by atoms with Gasteiger partial charge in [-0.3, -0.25) is 4.79 Å². The van der Waals surface area contributed by atoms with Crippen molar-refractivity contribution in [1.29, 1.82) is 0 Å². The molecule has 0 aromatic carbocycles. The van der Waals surface area contributed by atoms with Crippen LogP contribution in [0.4, 0.5) is 0 Å². The molecule has 1 aromatic heterocycles. The molecule has 2 unspecified atom stereocenters. The van der Waals surface area contributed by atoms with E-state index in [9.17, 15) is 4.79 Å². The molecule has 1 aliphatic carbocycles. The van der Waals surface area contributed by atoms with E-state index in [4.69, 9.17) is 5.73 Å². The van der Waals surface area contributed by atoms with E-state index < -0.39 is 0 Å². The first-order valence-electron chi connectivity index (χ1n) is 6.97. The number of nitrogens with two attached hydrogens (primary N) is 1. The Morgan fingerprint density at radius 3 is 2.89 bits per heavy atom. The van der Waals surface area contributed by atoms with Crippen molar-refractivity contribution in [2.45, 2.75) is 39.2 Å². The molecule has 1 fully saturated rings. The number of rotatable bonds is 4. The number of thiazole rings is 1. The lowest BCUT2D eigenvalue weighted by Gasteiger charge is -2.32. The van der Waals surface area contributed by atoms with Crippen LogP contribution in [-0.4, -0.2) is 29.4 Å². The molecule has 106 valence electrons. The van der Waals surface area contributed by atoms with Gasteiger partial charge in [0.05, 0.1) is 17.7 Å². The Hall–Kier alpha value is -0.940. The number of carbonyl (C=O) groups excluding carboxylic acids is 1. The van der Waals surface area contributed by atoms with Crippen LogP contribution in [-0.2, 0) is 11.3 Å². The number of aryl methyl sites for hydroxylation is 1. The summed E-state index contributed by atoms with van der Waals surface area (Å²) in [6, 6.07) is 0. The van der Waals surface area contributed by atoms with Crippen molar-refractivity contribution in [3.8, 4) is 0 Å². The number of hydrogen-bond donors (Lipinski definition) is 1. The van der Waals surface area contributed by atoms with Crippen LogP contribution in [0, 0.1) is 18.8 Å². The minimum atomic E-state index is 0.122. The van der Waals surface area contributed by atoms with Crippen LogP contribution in [0.25, 0.3) is 0 Å². The van der Waals surface area contributed by atoms with Crippen molar-refractivity contribution in [1.82, 2.24) is 9.88 Å². The van der Waals surface area contributed by atoms with E-state index in [1.54, 1.807) is 11.3 Å². The molecule has 5 heteroatoms. The van der Waals surface area contributed by atoms with Gasteiger partial charge >= 0.3 is 0 Å². The van der Waals surface area contributed by atoms with E-state index in [0.29, 0.717) is 19.0 Å². The van der Waals surface area contributed by atoms with Gasteiger partial charge < -0.3 is 10.6 Å². The number of amides is 1. The van der Waals surface area contributed by atoms with Gasteiger partial charge in [-0.05, 0) is 32.2 Å². The largest absolute Gasteiger partial charge is 0.340 e. The molecule has 0 aliphatic heterocycles. The van der Waals surface area contributed by atoms with Crippen molar-refractivity contribution >= 4 is 17.2 Å². The van der Waals surface area contributed by atoms with Gasteiger partial charge in [0.1, 0.15) is 0 Å². The summed E-state index contributed by atoms with van der Waals surface area (Å²) in [5.41, 5.74) is 8.68. The Balaban J connectivity index is 2.00. The second kappa shape index (κ2) is 6.48. The summed E-state index contributed by atoms with van der Waals surface area (Å²) < 4.78 is 0. The SMILES string of the molecule is Cc1ncsc1CN(C)C(=O)C1CCCCC1CN. The van der Waals surface area contributed by atoms with E-state index in [-0.39, 0.29) is 11.8 Å². The molecule has 1 saturated carbocycles. The topological polar surface area (TPSA) is 59.2 Å². The van der Waals surface area contributed by atoms with E-state index >= 15 is 0 Å². The van der Waals surface area contributed by atoms with Crippen LogP contribution in [0.5, 0.6) is 0 Å². The quantitative estimate of drug-likeness (QED) is 0.920. The Morgan fingerprint density at radius 2 is 2.26 bits per heavy atom. The van der Waals surface area contributed by atoms with Gasteiger partial charge in [-0.25, -0.2) is 4.98 Å². The van der Waals surface area contributed by atoms with Crippen LogP contribution in [0.3, 0.4) is 0 Å². The molecule has 0 radical (unpaired) electrons. The summed E-state index contributed by atoms with van der Waals surface area (Å²) in [5, 5.41) is 0. The Labute approximate surface area is 119 Å². The van der Waals surface area contributed by atoms with E-state index in [1.165, 1.54) is 11.3 Å². The molecule has 2 N–H and O–H groups in total. The highest BCUT2D eigenvalue weighted by Crippen LogP contribution is 2.31. The molecule has 0 bridgehead atoms. The highest BCUT2D eigenvalue weighted by atomic mass is 32.1. The zero-order valence-electron chi connectivity index (χ0n) is 11.8. The average Bonchev–Trinajstić information content (AvgIpc) is 2.83. The van der Waals surface area contributed by atoms with Gasteiger partial charge in [0.2, 0.25) is 5.91 Å². The third-order valence-corrected chi connectivity index (χ3v) is 5.05. The van der Waals surface area contributed by atoms with Gasteiger partial charge in [-0.15, -0.1) is 11.3 Å². The molecular weight excluding hydrogens is 258 g/mol. The summed E-state index contributed by atoms with van der Waals surface area (Å²) in [4.78, 5) is 19.8. The van der Waals surface area contributed by atoms with Crippen molar-refractivity contribution in [2.24, 2.45) is 17.6 Å². The minimum Gasteiger partial charge on any atom is -0.340 e. The van der Waals surface area contributed by atoms with E-state index in [2.05, 4.69) is 4.98 Å². The normalized spacial score (nSPS) is 23.3. The Bertz CT molecular complexity index is 432. The van der Waals surface area contributed by atoms with Crippen LogP contribution >= 0.6 is 11.3 Å². The first-order chi connectivity index (χ1) is 9.13. The first kappa shape index (κ1) is 14.5. The molecule has 1 heterocycles. The smallest absolute Gasteiger partial charge is 0.226 e. The van der Waals surface area contributed by atoms with Crippen molar-refractivity contribution in [3.63, 3.8) is 0 Å². The van der Waals surface area contributed by atoms with Gasteiger partial charge in [-0.2, -0.15) is 0 Å². The molecule has 2 atom stereocenters. The van der Waals surface area contributed by atoms with E-state index in [1.807, 2.05) is 24.4 Å². The zero-order valence-corrected chi connectivity index (χ0v) is 12.6. The first-order valence-corrected chi connectivity index (χ1v) is 7.85. The predicted molar refractivity (Wildman–Crippen MR) is 77.8 cm³/mol. The maximum Gasteiger partial charge on any atom is 0.226 e. The fourth-order valence-electron chi connectivity index (χ4n) is 2.87. The monoisotopic (exact) mass is 281 g/mol. The van der Waals surface area contributed by atoms with Crippen molar-refractivity contribution < 1.29 is 4.79 Å². The van der Waals surface area contributed by atoms with Crippen molar-refractivity contribution in [2.75, 3.05) is 13.6 Å². The minimum absolute atomic E-state index is 0.122. The maximum atomic E-state index is 12.6. The fraction of sp³-hybridized carbons (Fsp3) is 0.714. The highest BCUT2D eigenvalue weighted by Gasteiger charge is 2.31. The molecule has 0 spiro atoms. The van der Waals surface area contributed by atoms with Crippen LogP contribution in [0.2, 0.25) is 0 Å². The van der Waals surface area contributed by atoms with Crippen LogP contribution < -0.4 is 5.73 Å². The number of carbonyl (C=O) groups is 1. The second-order valence-electron chi connectivity index (χ2n) is 5.44. The fourth-order valence-corrected chi connectivity index (χ4v) is 3.70. The van der Waals surface area contributed by atoms with Crippen LogP contribution in [0.1, 0.15) is 36.3 Å². The lowest BCUT2D eigenvalue weighted by atomic mass is 9.78. The zero-order chi connectivity index (χ0) is 13.8. The number of aromatic nitrogens is 1. The maximum absolute atomic E-state index is 12.6. The molecule has 0 saturated heterocycles. The molecule has 19 heavy (non-hydrogen) atoms. The lowest BCUT2D eigenvalue weighted by Crippen LogP contribution is -2.40. The van der Waals surface area contributed by atoms with E-state index in [0.717, 1.165) is 25.0 Å². The second-order valence-corrected chi connectivity index (χ2v) is 6.38. The Morgan fingerprint density at radius 1 is 1.53 bits per heavy atom.